The second-order valence-corrected chi connectivity index (χ2v) is 5.58. The van der Waals surface area contributed by atoms with Crippen molar-refractivity contribution in [2.24, 2.45) is 0 Å². The van der Waals surface area contributed by atoms with Crippen LogP contribution in [0.4, 0.5) is 4.39 Å². The number of hydrogen-bond acceptors (Lipinski definition) is 3. The third kappa shape index (κ3) is 3.26. The molecule has 1 aromatic heterocycles. The highest BCUT2D eigenvalue weighted by atomic mass is 32.2. The fourth-order valence-corrected chi connectivity index (χ4v) is 2.78. The molecule has 4 nitrogen and oxygen atoms in total. The Hall–Kier alpha value is -1.56. The van der Waals surface area contributed by atoms with Crippen LogP contribution < -0.4 is 5.69 Å². The molecule has 2 rings (SSSR count). The summed E-state index contributed by atoms with van der Waals surface area (Å²) < 4.78 is 14.5. The molecule has 0 spiro atoms. The van der Waals surface area contributed by atoms with Gasteiger partial charge in [-0.1, -0.05) is 30.8 Å². The van der Waals surface area contributed by atoms with Crippen molar-refractivity contribution >= 4 is 11.8 Å². The number of rotatable bonds is 5. The van der Waals surface area contributed by atoms with E-state index in [1.807, 2.05) is 13.8 Å². The second kappa shape index (κ2) is 6.06. The zero-order valence-electron chi connectivity index (χ0n) is 10.9. The molecule has 0 fully saturated rings. The Labute approximate surface area is 115 Å². The van der Waals surface area contributed by atoms with Crippen LogP contribution in [-0.4, -0.2) is 14.8 Å². The summed E-state index contributed by atoms with van der Waals surface area (Å²) in [6.45, 7) is 4.67. The van der Waals surface area contributed by atoms with E-state index in [9.17, 15) is 9.18 Å². The number of benzene rings is 1. The van der Waals surface area contributed by atoms with E-state index in [-0.39, 0.29) is 16.8 Å². The van der Waals surface area contributed by atoms with Gasteiger partial charge >= 0.3 is 5.69 Å². The molecule has 19 heavy (non-hydrogen) atoms. The zero-order chi connectivity index (χ0) is 13.8. The van der Waals surface area contributed by atoms with Crippen molar-refractivity contribution in [1.82, 2.24) is 14.8 Å². The topological polar surface area (TPSA) is 50.7 Å². The molecule has 0 bridgehead atoms. The Morgan fingerprint density at radius 2 is 2.11 bits per heavy atom. The summed E-state index contributed by atoms with van der Waals surface area (Å²) in [4.78, 5) is 11.6. The molecular formula is C13H16FN3OS. The number of halogens is 1. The molecule has 0 aliphatic rings. The van der Waals surface area contributed by atoms with Crippen LogP contribution in [0.2, 0.25) is 0 Å². The van der Waals surface area contributed by atoms with E-state index in [0.717, 1.165) is 12.0 Å². The highest BCUT2D eigenvalue weighted by Gasteiger charge is 2.14. The van der Waals surface area contributed by atoms with Crippen LogP contribution in [0.1, 0.15) is 31.1 Å². The summed E-state index contributed by atoms with van der Waals surface area (Å²) in [6.07, 6.45) is 0.873. The maximum atomic E-state index is 12.9. The molecule has 0 amide bonds. The molecule has 0 aliphatic carbocycles. The van der Waals surface area contributed by atoms with Crippen LogP contribution in [0.25, 0.3) is 0 Å². The van der Waals surface area contributed by atoms with Crippen LogP contribution in [0.15, 0.2) is 34.2 Å². The van der Waals surface area contributed by atoms with Crippen molar-refractivity contribution in [3.63, 3.8) is 0 Å². The molecule has 0 saturated carbocycles. The van der Waals surface area contributed by atoms with Crippen molar-refractivity contribution in [1.29, 1.82) is 0 Å². The molecule has 102 valence electrons. The highest BCUT2D eigenvalue weighted by molar-refractivity contribution is 7.99. The van der Waals surface area contributed by atoms with E-state index in [0.29, 0.717) is 11.7 Å². The standard InChI is InChI=1S/C13H16FN3OS/c1-3-8-17-12(18)15-16-13(17)19-9(2)10-4-6-11(14)7-5-10/h4-7,9H,3,8H2,1-2H3,(H,15,18). The number of aromatic amines is 1. The van der Waals surface area contributed by atoms with Gasteiger partial charge in [0.1, 0.15) is 5.82 Å². The van der Waals surface area contributed by atoms with Gasteiger partial charge in [-0.25, -0.2) is 14.3 Å². The lowest BCUT2D eigenvalue weighted by atomic mass is 10.2. The van der Waals surface area contributed by atoms with Crippen molar-refractivity contribution in [3.8, 4) is 0 Å². The summed E-state index contributed by atoms with van der Waals surface area (Å²) in [5.74, 6) is -0.247. The lowest BCUT2D eigenvalue weighted by molar-refractivity contribution is 0.603. The number of aromatic nitrogens is 3. The van der Waals surface area contributed by atoms with Gasteiger partial charge in [0.15, 0.2) is 5.16 Å². The van der Waals surface area contributed by atoms with Crippen LogP contribution in [0.5, 0.6) is 0 Å². The van der Waals surface area contributed by atoms with Gasteiger partial charge in [0, 0.05) is 11.8 Å². The fraction of sp³-hybridized carbons (Fsp3) is 0.385. The Balaban J connectivity index is 2.16. The van der Waals surface area contributed by atoms with Crippen molar-refractivity contribution in [3.05, 3.63) is 46.1 Å². The number of nitrogens with zero attached hydrogens (tertiary/aromatic N) is 2. The molecule has 1 unspecified atom stereocenters. The van der Waals surface area contributed by atoms with Gasteiger partial charge in [-0.15, -0.1) is 5.10 Å². The van der Waals surface area contributed by atoms with Gasteiger partial charge < -0.3 is 0 Å². The third-order valence-corrected chi connectivity index (χ3v) is 3.94. The van der Waals surface area contributed by atoms with Crippen LogP contribution >= 0.6 is 11.8 Å². The molecule has 1 heterocycles. The van der Waals surface area contributed by atoms with Gasteiger partial charge in [-0.2, -0.15) is 0 Å². The zero-order valence-corrected chi connectivity index (χ0v) is 11.7. The molecule has 1 N–H and O–H groups in total. The minimum absolute atomic E-state index is 0.103. The van der Waals surface area contributed by atoms with Crippen molar-refractivity contribution in [2.45, 2.75) is 37.2 Å². The van der Waals surface area contributed by atoms with E-state index in [2.05, 4.69) is 10.2 Å². The van der Waals surface area contributed by atoms with E-state index in [1.54, 1.807) is 16.7 Å². The summed E-state index contributed by atoms with van der Waals surface area (Å²) in [5, 5.41) is 7.27. The van der Waals surface area contributed by atoms with Gasteiger partial charge in [0.05, 0.1) is 0 Å². The second-order valence-electron chi connectivity index (χ2n) is 4.27. The van der Waals surface area contributed by atoms with E-state index >= 15 is 0 Å². The van der Waals surface area contributed by atoms with Gasteiger partial charge in [-0.05, 0) is 31.0 Å². The first-order valence-electron chi connectivity index (χ1n) is 6.19. The van der Waals surface area contributed by atoms with Gasteiger partial charge in [-0.3, -0.25) is 4.57 Å². The summed E-state index contributed by atoms with van der Waals surface area (Å²) in [5.41, 5.74) is 0.820. The molecule has 1 atom stereocenters. The smallest absolute Gasteiger partial charge is 0.270 e. The monoisotopic (exact) mass is 281 g/mol. The number of thioether (sulfide) groups is 1. The van der Waals surface area contributed by atoms with Gasteiger partial charge in [0.2, 0.25) is 0 Å². The molecule has 2 aromatic rings. The first-order valence-corrected chi connectivity index (χ1v) is 7.07. The molecule has 6 heteroatoms. The Bertz CT molecular complexity index is 591. The minimum Gasteiger partial charge on any atom is -0.270 e. The molecule has 0 aliphatic heterocycles. The third-order valence-electron chi connectivity index (χ3n) is 2.79. The maximum Gasteiger partial charge on any atom is 0.343 e. The lowest BCUT2D eigenvalue weighted by Crippen LogP contribution is -2.17. The van der Waals surface area contributed by atoms with Crippen LogP contribution in [0, 0.1) is 5.82 Å². The number of H-pyrrole nitrogens is 1. The first kappa shape index (κ1) is 13.9. The Morgan fingerprint density at radius 3 is 2.74 bits per heavy atom. The van der Waals surface area contributed by atoms with Gasteiger partial charge in [0.25, 0.3) is 0 Å². The van der Waals surface area contributed by atoms with Crippen LogP contribution in [-0.2, 0) is 6.54 Å². The van der Waals surface area contributed by atoms with E-state index in [1.165, 1.54) is 23.9 Å². The Morgan fingerprint density at radius 1 is 1.42 bits per heavy atom. The summed E-state index contributed by atoms with van der Waals surface area (Å²) in [6, 6.07) is 6.38. The predicted molar refractivity (Wildman–Crippen MR) is 73.8 cm³/mol. The highest BCUT2D eigenvalue weighted by Crippen LogP contribution is 2.32. The SMILES string of the molecule is CCCn1c(SC(C)c2ccc(F)cc2)n[nH]c1=O. The quantitative estimate of drug-likeness (QED) is 0.857. The number of hydrogen-bond donors (Lipinski definition) is 1. The molecular weight excluding hydrogens is 265 g/mol. The molecule has 0 saturated heterocycles. The van der Waals surface area contributed by atoms with Crippen molar-refractivity contribution < 1.29 is 4.39 Å². The molecule has 0 radical (unpaired) electrons. The van der Waals surface area contributed by atoms with Crippen LogP contribution in [0.3, 0.4) is 0 Å². The first-order chi connectivity index (χ1) is 9.11. The van der Waals surface area contributed by atoms with E-state index < -0.39 is 0 Å². The van der Waals surface area contributed by atoms with E-state index in [4.69, 9.17) is 0 Å². The summed E-state index contributed by atoms with van der Waals surface area (Å²) in [7, 11) is 0. The average molecular weight is 281 g/mol. The fourth-order valence-electron chi connectivity index (χ4n) is 1.77. The predicted octanol–water partition coefficient (Wildman–Crippen LogP) is 2.97. The maximum absolute atomic E-state index is 12.9. The number of nitrogens with one attached hydrogen (secondary N) is 1. The average Bonchev–Trinajstić information content (AvgIpc) is 2.73. The lowest BCUT2D eigenvalue weighted by Gasteiger charge is -2.11. The Kier molecular flexibility index (Phi) is 4.42. The summed E-state index contributed by atoms with van der Waals surface area (Å²) >= 11 is 1.49. The minimum atomic E-state index is -0.247. The largest absolute Gasteiger partial charge is 0.343 e. The molecule has 1 aromatic carbocycles. The van der Waals surface area contributed by atoms with Crippen molar-refractivity contribution in [2.75, 3.05) is 0 Å². The normalized spacial score (nSPS) is 12.6.